The smallest absolute Gasteiger partial charge is 0.253 e. The molecule has 1 aromatic carbocycles. The summed E-state index contributed by atoms with van der Waals surface area (Å²) in [5, 5.41) is 5.10. The summed E-state index contributed by atoms with van der Waals surface area (Å²) < 4.78 is 1.78. The van der Waals surface area contributed by atoms with Crippen molar-refractivity contribution in [3.05, 3.63) is 46.2 Å². The van der Waals surface area contributed by atoms with Gasteiger partial charge in [0.25, 0.3) is 5.91 Å². The Kier molecular flexibility index (Phi) is 5.53. The van der Waals surface area contributed by atoms with Crippen molar-refractivity contribution in [3.8, 4) is 5.69 Å². The van der Waals surface area contributed by atoms with E-state index in [-0.39, 0.29) is 11.8 Å². The normalized spacial score (nSPS) is 15.1. The van der Waals surface area contributed by atoms with Gasteiger partial charge in [0.2, 0.25) is 5.91 Å². The van der Waals surface area contributed by atoms with E-state index in [9.17, 15) is 9.59 Å². The lowest BCUT2D eigenvalue weighted by atomic mass is 9.94. The Bertz CT molecular complexity index is 888. The van der Waals surface area contributed by atoms with E-state index in [0.717, 1.165) is 17.1 Å². The Hall–Kier alpha value is -2.34. The first kappa shape index (κ1) is 20.4. The van der Waals surface area contributed by atoms with Crippen LogP contribution < -0.4 is 0 Å². The van der Waals surface area contributed by atoms with Crippen LogP contribution in [0.5, 0.6) is 0 Å². The standard InChI is InChI=1S/C21H27ClN4O2/c1-14-18(22)15(2)26(23-14)17-8-6-16(7-9-17)19(27)24-10-12-25(13-11-24)20(28)21(3,4)5/h6-9H,10-13H2,1-5H3. The van der Waals surface area contributed by atoms with Crippen molar-refractivity contribution in [2.45, 2.75) is 34.6 Å². The Morgan fingerprint density at radius 3 is 1.96 bits per heavy atom. The molecule has 0 radical (unpaired) electrons. The maximum atomic E-state index is 12.8. The van der Waals surface area contributed by atoms with Gasteiger partial charge in [0.05, 0.1) is 22.1 Å². The molecule has 0 unspecified atom stereocenters. The average molecular weight is 403 g/mol. The lowest BCUT2D eigenvalue weighted by molar-refractivity contribution is -0.140. The third kappa shape index (κ3) is 3.92. The molecule has 7 heteroatoms. The van der Waals surface area contributed by atoms with Crippen molar-refractivity contribution in [2.24, 2.45) is 5.41 Å². The number of benzene rings is 1. The van der Waals surface area contributed by atoms with Crippen molar-refractivity contribution in [2.75, 3.05) is 26.2 Å². The highest BCUT2D eigenvalue weighted by molar-refractivity contribution is 6.31. The molecule has 2 amide bonds. The molecule has 1 aliphatic heterocycles. The topological polar surface area (TPSA) is 58.4 Å². The number of hydrogen-bond acceptors (Lipinski definition) is 3. The largest absolute Gasteiger partial charge is 0.339 e. The maximum absolute atomic E-state index is 12.8. The maximum Gasteiger partial charge on any atom is 0.253 e. The van der Waals surface area contributed by atoms with Crippen LogP contribution in [0.3, 0.4) is 0 Å². The number of carbonyl (C=O) groups excluding carboxylic acids is 2. The molecule has 6 nitrogen and oxygen atoms in total. The van der Waals surface area contributed by atoms with Crippen LogP contribution in [0.1, 0.15) is 42.5 Å². The van der Waals surface area contributed by atoms with Crippen LogP contribution in [0, 0.1) is 19.3 Å². The highest BCUT2D eigenvalue weighted by Crippen LogP contribution is 2.23. The van der Waals surface area contributed by atoms with E-state index in [2.05, 4.69) is 5.10 Å². The van der Waals surface area contributed by atoms with Gasteiger partial charge in [-0.15, -0.1) is 0 Å². The molecule has 150 valence electrons. The summed E-state index contributed by atoms with van der Waals surface area (Å²) in [5.74, 6) is 0.119. The van der Waals surface area contributed by atoms with Gasteiger partial charge in [-0.05, 0) is 38.1 Å². The summed E-state index contributed by atoms with van der Waals surface area (Å²) in [6.07, 6.45) is 0. The average Bonchev–Trinajstić information content (AvgIpc) is 2.94. The quantitative estimate of drug-likeness (QED) is 0.772. The molecule has 1 fully saturated rings. The predicted octanol–water partition coefficient (Wildman–Crippen LogP) is 3.47. The van der Waals surface area contributed by atoms with E-state index in [1.54, 1.807) is 4.68 Å². The Balaban J connectivity index is 1.67. The minimum absolute atomic E-state index is 0.0131. The number of amides is 2. The summed E-state index contributed by atoms with van der Waals surface area (Å²) in [4.78, 5) is 28.9. The molecule has 2 heterocycles. The number of nitrogens with zero attached hydrogens (tertiary/aromatic N) is 4. The first-order valence-corrected chi connectivity index (χ1v) is 9.88. The van der Waals surface area contributed by atoms with Crippen molar-refractivity contribution < 1.29 is 9.59 Å². The first-order chi connectivity index (χ1) is 13.1. The second kappa shape index (κ2) is 7.59. The fourth-order valence-corrected chi connectivity index (χ4v) is 3.51. The lowest BCUT2D eigenvalue weighted by Crippen LogP contribution is -2.53. The van der Waals surface area contributed by atoms with Gasteiger partial charge in [0.1, 0.15) is 0 Å². The van der Waals surface area contributed by atoms with Gasteiger partial charge < -0.3 is 9.80 Å². The van der Waals surface area contributed by atoms with Crippen LogP contribution in [0.15, 0.2) is 24.3 Å². The molecule has 0 atom stereocenters. The lowest BCUT2D eigenvalue weighted by Gasteiger charge is -2.37. The highest BCUT2D eigenvalue weighted by atomic mass is 35.5. The number of carbonyl (C=O) groups is 2. The van der Waals surface area contributed by atoms with Crippen molar-refractivity contribution in [3.63, 3.8) is 0 Å². The summed E-state index contributed by atoms with van der Waals surface area (Å²) in [5.41, 5.74) is 2.75. The van der Waals surface area contributed by atoms with E-state index in [1.807, 2.05) is 68.7 Å². The molecular formula is C21H27ClN4O2. The molecule has 1 aliphatic rings. The Morgan fingerprint density at radius 2 is 1.50 bits per heavy atom. The number of rotatable bonds is 2. The van der Waals surface area contributed by atoms with Crippen LogP contribution in [0.2, 0.25) is 5.02 Å². The summed E-state index contributed by atoms with van der Waals surface area (Å²) in [7, 11) is 0. The molecule has 0 saturated carbocycles. The minimum Gasteiger partial charge on any atom is -0.339 e. The van der Waals surface area contributed by atoms with E-state index in [1.165, 1.54) is 0 Å². The Morgan fingerprint density at radius 1 is 0.964 bits per heavy atom. The van der Waals surface area contributed by atoms with Gasteiger partial charge in [0.15, 0.2) is 0 Å². The van der Waals surface area contributed by atoms with Crippen LogP contribution in [-0.4, -0.2) is 57.6 Å². The fraction of sp³-hybridized carbons (Fsp3) is 0.476. The van der Waals surface area contributed by atoms with Crippen molar-refractivity contribution >= 4 is 23.4 Å². The van der Waals surface area contributed by atoms with Gasteiger partial charge in [-0.3, -0.25) is 9.59 Å². The monoisotopic (exact) mass is 402 g/mol. The second-order valence-electron chi connectivity index (χ2n) is 8.28. The third-order valence-corrected chi connectivity index (χ3v) is 5.60. The summed E-state index contributed by atoms with van der Waals surface area (Å²) in [6, 6.07) is 7.38. The Labute approximate surface area is 171 Å². The number of aromatic nitrogens is 2. The van der Waals surface area contributed by atoms with Gasteiger partial charge >= 0.3 is 0 Å². The second-order valence-corrected chi connectivity index (χ2v) is 8.66. The van der Waals surface area contributed by atoms with Crippen molar-refractivity contribution in [1.82, 2.24) is 19.6 Å². The van der Waals surface area contributed by atoms with Gasteiger partial charge in [0, 0.05) is 37.2 Å². The van der Waals surface area contributed by atoms with Crippen molar-refractivity contribution in [1.29, 1.82) is 0 Å². The number of hydrogen-bond donors (Lipinski definition) is 0. The van der Waals surface area contributed by atoms with E-state index >= 15 is 0 Å². The van der Waals surface area contributed by atoms with Gasteiger partial charge in [-0.25, -0.2) is 4.68 Å². The first-order valence-electron chi connectivity index (χ1n) is 9.50. The van der Waals surface area contributed by atoms with E-state index < -0.39 is 5.41 Å². The molecular weight excluding hydrogens is 376 g/mol. The zero-order chi connectivity index (χ0) is 20.6. The molecule has 0 aliphatic carbocycles. The zero-order valence-electron chi connectivity index (χ0n) is 17.1. The molecule has 0 bridgehead atoms. The van der Waals surface area contributed by atoms with Crippen LogP contribution in [0.25, 0.3) is 5.69 Å². The van der Waals surface area contributed by atoms with E-state index in [0.29, 0.717) is 36.8 Å². The SMILES string of the molecule is Cc1nn(-c2ccc(C(=O)N3CCN(C(=O)C(C)(C)C)CC3)cc2)c(C)c1Cl. The van der Waals surface area contributed by atoms with Crippen LogP contribution >= 0.6 is 11.6 Å². The molecule has 3 rings (SSSR count). The molecule has 2 aromatic rings. The summed E-state index contributed by atoms with van der Waals surface area (Å²) in [6.45, 7) is 11.8. The minimum atomic E-state index is -0.395. The number of halogens is 1. The summed E-state index contributed by atoms with van der Waals surface area (Å²) >= 11 is 6.22. The highest BCUT2D eigenvalue weighted by Gasteiger charge is 2.31. The van der Waals surface area contributed by atoms with Gasteiger partial charge in [-0.2, -0.15) is 5.10 Å². The molecule has 28 heavy (non-hydrogen) atoms. The predicted molar refractivity (Wildman–Crippen MR) is 110 cm³/mol. The van der Waals surface area contributed by atoms with Gasteiger partial charge in [-0.1, -0.05) is 32.4 Å². The zero-order valence-corrected chi connectivity index (χ0v) is 17.9. The number of piperazine rings is 1. The van der Waals surface area contributed by atoms with Crippen LogP contribution in [-0.2, 0) is 4.79 Å². The molecule has 0 N–H and O–H groups in total. The fourth-order valence-electron chi connectivity index (χ4n) is 3.39. The van der Waals surface area contributed by atoms with E-state index in [4.69, 9.17) is 11.6 Å². The number of aryl methyl sites for hydroxylation is 1. The molecule has 0 spiro atoms. The van der Waals surface area contributed by atoms with Crippen LogP contribution in [0.4, 0.5) is 0 Å². The third-order valence-electron chi connectivity index (χ3n) is 5.06. The molecule has 1 aromatic heterocycles. The molecule has 1 saturated heterocycles.